The molecule has 0 unspecified atom stereocenters. The third-order valence-corrected chi connectivity index (χ3v) is 2.19. The molecule has 0 amide bonds. The molecule has 0 bridgehead atoms. The van der Waals surface area contributed by atoms with Crippen LogP contribution in [0.1, 0.15) is 5.56 Å². The van der Waals surface area contributed by atoms with E-state index in [1.807, 2.05) is 6.92 Å². The van der Waals surface area contributed by atoms with Crippen molar-refractivity contribution in [3.8, 4) is 5.88 Å². The van der Waals surface area contributed by atoms with Crippen LogP contribution in [0.3, 0.4) is 0 Å². The van der Waals surface area contributed by atoms with E-state index in [9.17, 15) is 0 Å². The van der Waals surface area contributed by atoms with E-state index in [2.05, 4.69) is 15.3 Å². The van der Waals surface area contributed by atoms with Gasteiger partial charge in [0.05, 0.1) is 19.2 Å². The fraction of sp³-hybridized carbons (Fsp3) is 0.600. The molecular formula is C10H17N3O3. The highest BCUT2D eigenvalue weighted by molar-refractivity contribution is 5.47. The molecule has 90 valence electrons. The zero-order valence-corrected chi connectivity index (χ0v) is 9.98. The minimum atomic E-state index is -0.305. The Morgan fingerprint density at radius 2 is 1.94 bits per heavy atom. The number of ether oxygens (including phenoxy) is 3. The Hall–Kier alpha value is -1.40. The quantitative estimate of drug-likeness (QED) is 0.726. The molecular weight excluding hydrogens is 210 g/mol. The highest BCUT2D eigenvalue weighted by atomic mass is 16.7. The zero-order chi connectivity index (χ0) is 12.0. The summed E-state index contributed by atoms with van der Waals surface area (Å²) in [7, 11) is 4.75. The number of nitrogens with one attached hydrogen (secondary N) is 1. The molecule has 0 radical (unpaired) electrons. The molecule has 0 saturated heterocycles. The maximum absolute atomic E-state index is 5.09. The van der Waals surface area contributed by atoms with Gasteiger partial charge in [-0.1, -0.05) is 0 Å². The van der Waals surface area contributed by atoms with E-state index in [4.69, 9.17) is 14.2 Å². The Morgan fingerprint density at radius 1 is 1.25 bits per heavy atom. The third kappa shape index (κ3) is 3.04. The summed E-state index contributed by atoms with van der Waals surface area (Å²) in [4.78, 5) is 8.10. The van der Waals surface area contributed by atoms with Gasteiger partial charge < -0.3 is 19.5 Å². The van der Waals surface area contributed by atoms with Crippen LogP contribution in [0.5, 0.6) is 5.88 Å². The van der Waals surface area contributed by atoms with E-state index in [1.54, 1.807) is 21.3 Å². The molecule has 0 spiro atoms. The monoisotopic (exact) mass is 227 g/mol. The van der Waals surface area contributed by atoms with Gasteiger partial charge >= 0.3 is 0 Å². The fourth-order valence-electron chi connectivity index (χ4n) is 1.26. The van der Waals surface area contributed by atoms with Gasteiger partial charge in [-0.15, -0.1) is 0 Å². The van der Waals surface area contributed by atoms with Crippen LogP contribution < -0.4 is 10.1 Å². The van der Waals surface area contributed by atoms with Gasteiger partial charge in [-0.2, -0.15) is 0 Å². The molecule has 0 aliphatic rings. The van der Waals surface area contributed by atoms with Crippen molar-refractivity contribution >= 4 is 5.82 Å². The van der Waals surface area contributed by atoms with Crippen molar-refractivity contribution in [2.24, 2.45) is 0 Å². The topological polar surface area (TPSA) is 65.5 Å². The predicted octanol–water partition coefficient (Wildman–Crippen LogP) is 0.824. The van der Waals surface area contributed by atoms with Crippen LogP contribution in [0.15, 0.2) is 6.33 Å². The normalized spacial score (nSPS) is 10.6. The van der Waals surface area contributed by atoms with E-state index in [0.717, 1.165) is 5.56 Å². The Bertz CT molecular complexity index is 329. The molecule has 1 heterocycles. The number of anilines is 1. The van der Waals surface area contributed by atoms with Crippen molar-refractivity contribution in [1.29, 1.82) is 0 Å². The lowest BCUT2D eigenvalue weighted by atomic mass is 10.3. The first-order chi connectivity index (χ1) is 7.72. The molecule has 1 N–H and O–H groups in total. The molecule has 0 saturated carbocycles. The van der Waals surface area contributed by atoms with Gasteiger partial charge in [-0.25, -0.2) is 9.97 Å². The molecule has 16 heavy (non-hydrogen) atoms. The van der Waals surface area contributed by atoms with Crippen molar-refractivity contribution in [1.82, 2.24) is 9.97 Å². The average molecular weight is 227 g/mol. The van der Waals surface area contributed by atoms with Gasteiger partial charge in [-0.3, -0.25) is 0 Å². The summed E-state index contributed by atoms with van der Waals surface area (Å²) in [5.41, 5.74) is 0.857. The van der Waals surface area contributed by atoms with Crippen molar-refractivity contribution in [2.75, 3.05) is 33.2 Å². The van der Waals surface area contributed by atoms with Gasteiger partial charge in [0.25, 0.3) is 0 Å². The highest BCUT2D eigenvalue weighted by Gasteiger charge is 2.09. The number of methoxy groups -OCH3 is 3. The first-order valence-electron chi connectivity index (χ1n) is 4.88. The van der Waals surface area contributed by atoms with Crippen LogP contribution in [-0.4, -0.2) is 44.1 Å². The van der Waals surface area contributed by atoms with Gasteiger partial charge in [0.2, 0.25) is 5.88 Å². The fourth-order valence-corrected chi connectivity index (χ4v) is 1.26. The van der Waals surface area contributed by atoms with E-state index in [-0.39, 0.29) is 6.29 Å². The average Bonchev–Trinajstić information content (AvgIpc) is 2.32. The summed E-state index contributed by atoms with van der Waals surface area (Å²) < 4.78 is 15.2. The smallest absolute Gasteiger partial charge is 0.221 e. The molecule has 1 rings (SSSR count). The standard InChI is InChI=1S/C10H17N3O3/c1-7-9(11-5-8(14-2)15-3)12-6-13-10(7)16-4/h6,8H,5H2,1-4H3,(H,11,12,13). The molecule has 0 aliphatic heterocycles. The summed E-state index contributed by atoms with van der Waals surface area (Å²) in [5.74, 6) is 1.27. The second-order valence-electron chi connectivity index (χ2n) is 3.14. The van der Waals surface area contributed by atoms with Crippen LogP contribution in [0.25, 0.3) is 0 Å². The van der Waals surface area contributed by atoms with Crippen molar-refractivity contribution in [2.45, 2.75) is 13.2 Å². The van der Waals surface area contributed by atoms with Gasteiger partial charge in [0, 0.05) is 14.2 Å². The van der Waals surface area contributed by atoms with Crippen molar-refractivity contribution < 1.29 is 14.2 Å². The Labute approximate surface area is 95.0 Å². The predicted molar refractivity (Wildman–Crippen MR) is 59.6 cm³/mol. The van der Waals surface area contributed by atoms with Gasteiger partial charge in [0.1, 0.15) is 12.1 Å². The summed E-state index contributed by atoms with van der Waals surface area (Å²) in [6.45, 7) is 2.39. The third-order valence-electron chi connectivity index (χ3n) is 2.19. The van der Waals surface area contributed by atoms with Crippen LogP contribution in [-0.2, 0) is 9.47 Å². The van der Waals surface area contributed by atoms with E-state index < -0.39 is 0 Å². The Morgan fingerprint density at radius 3 is 2.50 bits per heavy atom. The molecule has 0 fully saturated rings. The second kappa shape index (κ2) is 6.24. The summed E-state index contributed by atoms with van der Waals surface area (Å²) in [6, 6.07) is 0. The Balaban J connectivity index is 2.66. The lowest BCUT2D eigenvalue weighted by Gasteiger charge is -2.15. The maximum Gasteiger partial charge on any atom is 0.221 e. The lowest BCUT2D eigenvalue weighted by Crippen LogP contribution is -2.24. The number of hydrogen-bond donors (Lipinski definition) is 1. The zero-order valence-electron chi connectivity index (χ0n) is 9.98. The second-order valence-corrected chi connectivity index (χ2v) is 3.14. The minimum absolute atomic E-state index is 0.305. The molecule has 0 aliphatic carbocycles. The largest absolute Gasteiger partial charge is 0.481 e. The molecule has 6 heteroatoms. The maximum atomic E-state index is 5.09. The van der Waals surface area contributed by atoms with Crippen LogP contribution in [0.2, 0.25) is 0 Å². The summed E-state index contributed by atoms with van der Waals surface area (Å²) >= 11 is 0. The van der Waals surface area contributed by atoms with Crippen molar-refractivity contribution in [3.05, 3.63) is 11.9 Å². The van der Waals surface area contributed by atoms with E-state index in [0.29, 0.717) is 18.2 Å². The Kier molecular flexibility index (Phi) is 4.94. The number of rotatable bonds is 6. The SMILES string of the molecule is COc1ncnc(NCC(OC)OC)c1C. The first-order valence-corrected chi connectivity index (χ1v) is 4.88. The summed E-state index contributed by atoms with van der Waals surface area (Å²) in [6.07, 6.45) is 1.14. The van der Waals surface area contributed by atoms with Crippen LogP contribution in [0.4, 0.5) is 5.82 Å². The van der Waals surface area contributed by atoms with Gasteiger partial charge in [0.15, 0.2) is 6.29 Å². The van der Waals surface area contributed by atoms with Crippen molar-refractivity contribution in [3.63, 3.8) is 0 Å². The molecule has 0 atom stereocenters. The number of aromatic nitrogens is 2. The number of hydrogen-bond acceptors (Lipinski definition) is 6. The minimum Gasteiger partial charge on any atom is -0.481 e. The number of nitrogens with zero attached hydrogens (tertiary/aromatic N) is 2. The molecule has 1 aromatic rings. The molecule has 1 aromatic heterocycles. The highest BCUT2D eigenvalue weighted by Crippen LogP contribution is 2.19. The lowest BCUT2D eigenvalue weighted by molar-refractivity contribution is -0.0914. The van der Waals surface area contributed by atoms with E-state index >= 15 is 0 Å². The molecule has 6 nitrogen and oxygen atoms in total. The van der Waals surface area contributed by atoms with Crippen LogP contribution >= 0.6 is 0 Å². The first kappa shape index (κ1) is 12.7. The van der Waals surface area contributed by atoms with Crippen LogP contribution in [0, 0.1) is 6.92 Å². The van der Waals surface area contributed by atoms with E-state index in [1.165, 1.54) is 6.33 Å². The molecule has 0 aromatic carbocycles. The summed E-state index contributed by atoms with van der Waals surface area (Å²) in [5, 5.41) is 3.11. The van der Waals surface area contributed by atoms with Gasteiger partial charge in [-0.05, 0) is 6.92 Å².